The molecule has 2 fully saturated rings. The fraction of sp³-hybridized carbons (Fsp3) is 0.867. The van der Waals surface area contributed by atoms with E-state index >= 15 is 0 Å². The summed E-state index contributed by atoms with van der Waals surface area (Å²) in [5.41, 5.74) is 0. The van der Waals surface area contributed by atoms with Crippen LogP contribution in [-0.4, -0.2) is 49.3 Å². The third kappa shape index (κ3) is 4.19. The lowest BCUT2D eigenvalue weighted by Gasteiger charge is -2.31. The predicted molar refractivity (Wildman–Crippen MR) is 73.9 cm³/mol. The Bertz CT molecular complexity index is 353. The van der Waals surface area contributed by atoms with Crippen molar-refractivity contribution in [1.82, 2.24) is 4.90 Å². The van der Waals surface area contributed by atoms with Crippen molar-refractivity contribution >= 4 is 5.91 Å². The van der Waals surface area contributed by atoms with Gasteiger partial charge in [-0.2, -0.15) is 5.26 Å². The second-order valence-electron chi connectivity index (χ2n) is 5.69. The highest BCUT2D eigenvalue weighted by atomic mass is 16.5. The van der Waals surface area contributed by atoms with E-state index in [1.807, 2.05) is 11.8 Å². The van der Waals surface area contributed by atoms with Gasteiger partial charge < -0.3 is 14.4 Å². The molecule has 1 amide bonds. The molecule has 0 saturated carbocycles. The molecule has 5 nitrogen and oxygen atoms in total. The summed E-state index contributed by atoms with van der Waals surface area (Å²) >= 11 is 0. The number of nitrogens with zero attached hydrogens (tertiary/aromatic N) is 2. The number of likely N-dealkylation sites (tertiary alicyclic amines) is 1. The van der Waals surface area contributed by atoms with Gasteiger partial charge in [-0.1, -0.05) is 0 Å². The van der Waals surface area contributed by atoms with Crippen LogP contribution < -0.4 is 0 Å². The number of rotatable bonds is 4. The second-order valence-corrected chi connectivity index (χ2v) is 5.69. The second kappa shape index (κ2) is 7.61. The maximum atomic E-state index is 12.2. The minimum absolute atomic E-state index is 0.0391. The summed E-state index contributed by atoms with van der Waals surface area (Å²) in [7, 11) is 0. The minimum Gasteiger partial charge on any atom is -0.376 e. The number of amides is 1. The molecule has 0 bridgehead atoms. The summed E-state index contributed by atoms with van der Waals surface area (Å²) in [4.78, 5) is 14.1. The molecule has 0 aromatic carbocycles. The molecule has 5 heteroatoms. The fourth-order valence-electron chi connectivity index (χ4n) is 2.75. The average molecular weight is 280 g/mol. The Morgan fingerprint density at radius 3 is 2.75 bits per heavy atom. The Labute approximate surface area is 120 Å². The van der Waals surface area contributed by atoms with Gasteiger partial charge in [-0.25, -0.2) is 0 Å². The molecule has 0 aliphatic carbocycles. The van der Waals surface area contributed by atoms with Crippen LogP contribution in [0.3, 0.4) is 0 Å². The van der Waals surface area contributed by atoms with E-state index in [1.165, 1.54) is 6.42 Å². The number of carbonyl (C=O) groups is 1. The van der Waals surface area contributed by atoms with E-state index in [0.29, 0.717) is 19.7 Å². The number of nitriles is 1. The molecule has 2 atom stereocenters. The van der Waals surface area contributed by atoms with Gasteiger partial charge in [-0.05, 0) is 39.0 Å². The number of ether oxygens (including phenoxy) is 2. The van der Waals surface area contributed by atoms with E-state index < -0.39 is 6.10 Å². The lowest BCUT2D eigenvalue weighted by Crippen LogP contribution is -2.44. The number of carbonyl (C=O) groups excluding carboxylic acids is 1. The topological polar surface area (TPSA) is 62.6 Å². The zero-order valence-corrected chi connectivity index (χ0v) is 12.2. The van der Waals surface area contributed by atoms with E-state index in [1.54, 1.807) is 0 Å². The molecule has 2 aliphatic rings. The number of piperidine rings is 1. The van der Waals surface area contributed by atoms with E-state index in [-0.39, 0.29) is 17.9 Å². The van der Waals surface area contributed by atoms with E-state index in [2.05, 4.69) is 6.07 Å². The van der Waals surface area contributed by atoms with Crippen molar-refractivity contribution < 1.29 is 14.3 Å². The third-order valence-corrected chi connectivity index (χ3v) is 4.14. The molecule has 20 heavy (non-hydrogen) atoms. The zero-order valence-electron chi connectivity index (χ0n) is 12.2. The van der Waals surface area contributed by atoms with Crippen LogP contribution in [0, 0.1) is 17.2 Å². The highest BCUT2D eigenvalue weighted by molar-refractivity contribution is 5.80. The smallest absolute Gasteiger partial charge is 0.251 e. The molecule has 2 saturated heterocycles. The van der Waals surface area contributed by atoms with Crippen LogP contribution in [0.5, 0.6) is 0 Å². The molecule has 2 heterocycles. The van der Waals surface area contributed by atoms with Crippen LogP contribution in [0.1, 0.15) is 39.0 Å². The standard InChI is InChI=1S/C15H24N2O3/c1-12(20-11-14-4-2-3-9-19-14)15(18)17-7-5-13(10-16)6-8-17/h12-14H,2-9,11H2,1H3. The van der Waals surface area contributed by atoms with Crippen LogP contribution in [0.15, 0.2) is 0 Å². The van der Waals surface area contributed by atoms with E-state index in [4.69, 9.17) is 14.7 Å². The molecule has 112 valence electrons. The largest absolute Gasteiger partial charge is 0.376 e. The van der Waals surface area contributed by atoms with Gasteiger partial charge in [-0.3, -0.25) is 4.79 Å². The van der Waals surface area contributed by atoms with Gasteiger partial charge in [0.1, 0.15) is 6.10 Å². The van der Waals surface area contributed by atoms with Crippen molar-refractivity contribution in [2.45, 2.75) is 51.2 Å². The molecule has 2 unspecified atom stereocenters. The first-order valence-electron chi connectivity index (χ1n) is 7.62. The SMILES string of the molecule is CC(OCC1CCCCO1)C(=O)N1CCC(C#N)CC1. The van der Waals surface area contributed by atoms with Crippen molar-refractivity contribution in [3.05, 3.63) is 0 Å². The summed E-state index contributed by atoms with van der Waals surface area (Å²) in [6.07, 6.45) is 4.61. The van der Waals surface area contributed by atoms with Crippen molar-refractivity contribution in [3.63, 3.8) is 0 Å². The summed E-state index contributed by atoms with van der Waals surface area (Å²) in [5.74, 6) is 0.142. The van der Waals surface area contributed by atoms with Crippen LogP contribution >= 0.6 is 0 Å². The Morgan fingerprint density at radius 1 is 1.40 bits per heavy atom. The monoisotopic (exact) mass is 280 g/mol. The molecule has 2 rings (SSSR count). The van der Waals surface area contributed by atoms with E-state index in [0.717, 1.165) is 32.3 Å². The normalized spacial score (nSPS) is 26.0. The quantitative estimate of drug-likeness (QED) is 0.786. The first-order valence-corrected chi connectivity index (χ1v) is 7.62. The molecule has 0 radical (unpaired) electrons. The van der Waals surface area contributed by atoms with Gasteiger partial charge in [0.25, 0.3) is 5.91 Å². The highest BCUT2D eigenvalue weighted by Crippen LogP contribution is 2.18. The lowest BCUT2D eigenvalue weighted by molar-refractivity contribution is -0.147. The molecular weight excluding hydrogens is 256 g/mol. The summed E-state index contributed by atoms with van der Waals surface area (Å²) in [6.45, 7) is 4.45. The summed E-state index contributed by atoms with van der Waals surface area (Å²) in [6, 6.07) is 2.28. The molecule has 2 aliphatic heterocycles. The summed E-state index contributed by atoms with van der Waals surface area (Å²) < 4.78 is 11.3. The molecule has 0 aromatic rings. The van der Waals surface area contributed by atoms with Crippen molar-refractivity contribution in [3.8, 4) is 6.07 Å². The number of hydrogen-bond acceptors (Lipinski definition) is 4. The van der Waals surface area contributed by atoms with Gasteiger partial charge in [0, 0.05) is 25.6 Å². The highest BCUT2D eigenvalue weighted by Gasteiger charge is 2.27. The van der Waals surface area contributed by atoms with Gasteiger partial charge in [-0.15, -0.1) is 0 Å². The number of hydrogen-bond donors (Lipinski definition) is 0. The molecule has 0 N–H and O–H groups in total. The molecular formula is C15H24N2O3. The Morgan fingerprint density at radius 2 is 2.15 bits per heavy atom. The van der Waals surface area contributed by atoms with Crippen LogP contribution in [0.25, 0.3) is 0 Å². The van der Waals surface area contributed by atoms with Gasteiger partial charge in [0.2, 0.25) is 0 Å². The molecule has 0 spiro atoms. The first kappa shape index (κ1) is 15.3. The van der Waals surface area contributed by atoms with Gasteiger partial charge in [0.15, 0.2) is 0 Å². The third-order valence-electron chi connectivity index (χ3n) is 4.14. The first-order chi connectivity index (χ1) is 9.70. The molecule has 0 aromatic heterocycles. The summed E-state index contributed by atoms with van der Waals surface area (Å²) in [5, 5.41) is 8.86. The maximum Gasteiger partial charge on any atom is 0.251 e. The van der Waals surface area contributed by atoms with Crippen molar-refractivity contribution in [1.29, 1.82) is 5.26 Å². The fourth-order valence-corrected chi connectivity index (χ4v) is 2.75. The Balaban J connectivity index is 1.70. The zero-order chi connectivity index (χ0) is 14.4. The Kier molecular flexibility index (Phi) is 5.81. The van der Waals surface area contributed by atoms with Crippen LogP contribution in [0.2, 0.25) is 0 Å². The van der Waals surface area contributed by atoms with Gasteiger partial charge >= 0.3 is 0 Å². The van der Waals surface area contributed by atoms with Crippen molar-refractivity contribution in [2.24, 2.45) is 5.92 Å². The van der Waals surface area contributed by atoms with Gasteiger partial charge in [0.05, 0.1) is 18.8 Å². The Hall–Kier alpha value is -1.12. The van der Waals surface area contributed by atoms with Crippen LogP contribution in [-0.2, 0) is 14.3 Å². The minimum atomic E-state index is -0.417. The lowest BCUT2D eigenvalue weighted by atomic mass is 9.98. The maximum absolute atomic E-state index is 12.2. The van der Waals surface area contributed by atoms with Crippen molar-refractivity contribution in [2.75, 3.05) is 26.3 Å². The van der Waals surface area contributed by atoms with Crippen LogP contribution in [0.4, 0.5) is 0 Å². The average Bonchev–Trinajstić information content (AvgIpc) is 2.53. The van der Waals surface area contributed by atoms with E-state index in [9.17, 15) is 4.79 Å². The predicted octanol–water partition coefficient (Wildman–Crippen LogP) is 1.72.